The van der Waals surface area contributed by atoms with Gasteiger partial charge in [0.15, 0.2) is 10.8 Å². The molecule has 3 aromatic rings. The Hall–Kier alpha value is -1.74. The Kier molecular flexibility index (Phi) is 5.00. The Morgan fingerprint density at radius 1 is 1.38 bits per heavy atom. The molecule has 4 heterocycles. The van der Waals surface area contributed by atoms with Crippen molar-refractivity contribution in [3.63, 3.8) is 0 Å². The zero-order valence-electron chi connectivity index (χ0n) is 12.9. The highest BCUT2D eigenvalue weighted by Gasteiger charge is 2.22. The molecule has 4 rings (SSSR count). The van der Waals surface area contributed by atoms with Gasteiger partial charge in [-0.3, -0.25) is 15.2 Å². The minimum Gasteiger partial charge on any atom is -0.312 e. The molecule has 6 nitrogen and oxygen atoms in total. The Morgan fingerprint density at radius 3 is 3.04 bits per heavy atom. The lowest BCUT2D eigenvalue weighted by atomic mass is 10.1. The first kappa shape index (κ1) is 17.1. The highest BCUT2D eigenvalue weighted by atomic mass is 35.5. The van der Waals surface area contributed by atoms with E-state index in [0.29, 0.717) is 17.4 Å². The van der Waals surface area contributed by atoms with E-state index in [9.17, 15) is 4.79 Å². The van der Waals surface area contributed by atoms with E-state index in [1.165, 1.54) is 16.2 Å². The second kappa shape index (κ2) is 7.02. The standard InChI is InChI=1S/C15H15N5OS2.ClH/c1-8-2-3-12(23-8)11-7-22-15(17-11)18-14(21)13-9-6-16-5-4-10(9)19-20-13;/h2-3,7,16H,4-6H2,1H3,(H,19,20)(H,17,18,21);1H. The van der Waals surface area contributed by atoms with E-state index in [0.717, 1.165) is 34.8 Å². The molecule has 0 fully saturated rings. The molecule has 9 heteroatoms. The summed E-state index contributed by atoms with van der Waals surface area (Å²) in [6, 6.07) is 4.12. The number of carbonyl (C=O) groups excluding carboxylic acids is 1. The van der Waals surface area contributed by atoms with Crippen LogP contribution in [0.2, 0.25) is 0 Å². The van der Waals surface area contributed by atoms with Crippen molar-refractivity contribution in [1.82, 2.24) is 20.5 Å². The molecule has 0 spiro atoms. The molecule has 1 aliphatic heterocycles. The molecule has 0 saturated heterocycles. The lowest BCUT2D eigenvalue weighted by Gasteiger charge is -2.12. The number of hydrogen-bond donors (Lipinski definition) is 3. The van der Waals surface area contributed by atoms with Gasteiger partial charge in [0.1, 0.15) is 0 Å². The van der Waals surface area contributed by atoms with Gasteiger partial charge in [-0.1, -0.05) is 0 Å². The van der Waals surface area contributed by atoms with Gasteiger partial charge in [0.2, 0.25) is 0 Å². The molecular formula is C15H16ClN5OS2. The number of aromatic nitrogens is 3. The van der Waals surface area contributed by atoms with Gasteiger partial charge in [-0.2, -0.15) is 5.10 Å². The molecule has 126 valence electrons. The molecule has 24 heavy (non-hydrogen) atoms. The molecule has 0 radical (unpaired) electrons. The molecule has 0 saturated carbocycles. The van der Waals surface area contributed by atoms with Crippen molar-refractivity contribution in [3.05, 3.63) is 39.3 Å². The van der Waals surface area contributed by atoms with Crippen molar-refractivity contribution < 1.29 is 4.79 Å². The monoisotopic (exact) mass is 381 g/mol. The fourth-order valence-electron chi connectivity index (χ4n) is 2.59. The molecule has 1 aliphatic rings. The number of thiazole rings is 1. The number of H-pyrrole nitrogens is 1. The number of nitrogens with one attached hydrogen (secondary N) is 3. The number of fused-ring (bicyclic) bond motifs is 1. The lowest BCUT2D eigenvalue weighted by molar-refractivity contribution is 0.102. The van der Waals surface area contributed by atoms with Gasteiger partial charge in [0.25, 0.3) is 5.91 Å². The second-order valence-corrected chi connectivity index (χ2v) is 7.50. The van der Waals surface area contributed by atoms with Crippen molar-refractivity contribution in [2.24, 2.45) is 0 Å². The Morgan fingerprint density at radius 2 is 2.25 bits per heavy atom. The number of aryl methyl sites for hydroxylation is 1. The van der Waals surface area contributed by atoms with Crippen molar-refractivity contribution >= 4 is 46.1 Å². The molecule has 3 N–H and O–H groups in total. The third kappa shape index (κ3) is 3.23. The van der Waals surface area contributed by atoms with Crippen LogP contribution in [0.3, 0.4) is 0 Å². The molecule has 1 amide bonds. The average Bonchev–Trinajstić information content (AvgIpc) is 3.25. The maximum absolute atomic E-state index is 12.4. The summed E-state index contributed by atoms with van der Waals surface area (Å²) in [6.07, 6.45) is 0.870. The summed E-state index contributed by atoms with van der Waals surface area (Å²) in [5.74, 6) is -0.213. The summed E-state index contributed by atoms with van der Waals surface area (Å²) in [5.41, 5.74) is 3.35. The highest BCUT2D eigenvalue weighted by molar-refractivity contribution is 7.17. The zero-order chi connectivity index (χ0) is 15.8. The minimum absolute atomic E-state index is 0. The summed E-state index contributed by atoms with van der Waals surface area (Å²) in [5, 5.41) is 15.8. The van der Waals surface area contributed by atoms with Gasteiger partial charge in [-0.15, -0.1) is 35.1 Å². The van der Waals surface area contributed by atoms with Crippen LogP contribution < -0.4 is 10.6 Å². The van der Waals surface area contributed by atoms with Crippen molar-refractivity contribution in [3.8, 4) is 10.6 Å². The van der Waals surface area contributed by atoms with E-state index in [4.69, 9.17) is 0 Å². The van der Waals surface area contributed by atoms with Gasteiger partial charge in [0, 0.05) is 41.0 Å². The van der Waals surface area contributed by atoms with E-state index < -0.39 is 0 Å². The van der Waals surface area contributed by atoms with Crippen LogP contribution in [-0.2, 0) is 13.0 Å². The lowest BCUT2D eigenvalue weighted by Crippen LogP contribution is -2.25. The number of carbonyl (C=O) groups is 1. The van der Waals surface area contributed by atoms with Crippen molar-refractivity contribution in [2.75, 3.05) is 11.9 Å². The number of amides is 1. The van der Waals surface area contributed by atoms with E-state index >= 15 is 0 Å². The fourth-order valence-corrected chi connectivity index (χ4v) is 4.19. The Bertz CT molecular complexity index is 869. The van der Waals surface area contributed by atoms with Crippen molar-refractivity contribution in [2.45, 2.75) is 19.9 Å². The summed E-state index contributed by atoms with van der Waals surface area (Å²) in [7, 11) is 0. The quantitative estimate of drug-likeness (QED) is 0.650. The van der Waals surface area contributed by atoms with E-state index in [2.05, 4.69) is 44.9 Å². The zero-order valence-corrected chi connectivity index (χ0v) is 15.3. The Labute approximate surface area is 153 Å². The van der Waals surface area contributed by atoms with Crippen molar-refractivity contribution in [1.29, 1.82) is 0 Å². The number of anilines is 1. The Balaban J connectivity index is 0.00000169. The number of rotatable bonds is 3. The molecule has 3 aromatic heterocycles. The van der Waals surface area contributed by atoms with Crippen LogP contribution in [-0.4, -0.2) is 27.6 Å². The first-order valence-corrected chi connectivity index (χ1v) is 9.01. The fraction of sp³-hybridized carbons (Fsp3) is 0.267. The third-order valence-electron chi connectivity index (χ3n) is 3.74. The van der Waals surface area contributed by atoms with Crippen LogP contribution in [0.1, 0.15) is 26.6 Å². The van der Waals surface area contributed by atoms with Crippen LogP contribution in [0.4, 0.5) is 5.13 Å². The molecule has 0 aromatic carbocycles. The number of thiophene rings is 1. The van der Waals surface area contributed by atoms with Crippen LogP contribution >= 0.6 is 35.1 Å². The topological polar surface area (TPSA) is 82.7 Å². The normalized spacial score (nSPS) is 13.2. The summed E-state index contributed by atoms with van der Waals surface area (Å²) < 4.78 is 0. The minimum atomic E-state index is -0.213. The molecule has 0 aliphatic carbocycles. The maximum atomic E-state index is 12.4. The van der Waals surface area contributed by atoms with E-state index in [1.807, 2.05) is 5.38 Å². The molecule has 0 unspecified atom stereocenters. The van der Waals surface area contributed by atoms with Gasteiger partial charge >= 0.3 is 0 Å². The summed E-state index contributed by atoms with van der Waals surface area (Å²) >= 11 is 3.12. The van der Waals surface area contributed by atoms with Crippen LogP contribution in [0.25, 0.3) is 10.6 Å². The highest BCUT2D eigenvalue weighted by Crippen LogP contribution is 2.30. The molecular weight excluding hydrogens is 366 g/mol. The largest absolute Gasteiger partial charge is 0.312 e. The predicted octanol–water partition coefficient (Wildman–Crippen LogP) is 3.22. The van der Waals surface area contributed by atoms with Gasteiger partial charge in [-0.05, 0) is 19.1 Å². The molecule has 0 atom stereocenters. The summed E-state index contributed by atoms with van der Waals surface area (Å²) in [4.78, 5) is 19.3. The van der Waals surface area contributed by atoms with Gasteiger partial charge in [-0.25, -0.2) is 4.98 Å². The number of hydrogen-bond acceptors (Lipinski definition) is 6. The number of nitrogens with zero attached hydrogens (tertiary/aromatic N) is 2. The average molecular weight is 382 g/mol. The SMILES string of the molecule is Cc1ccc(-c2csc(NC(=O)c3n[nH]c4c3CNCC4)n2)s1.Cl. The smallest absolute Gasteiger partial charge is 0.278 e. The van der Waals surface area contributed by atoms with Crippen LogP contribution in [0.5, 0.6) is 0 Å². The third-order valence-corrected chi connectivity index (χ3v) is 5.52. The van der Waals surface area contributed by atoms with Gasteiger partial charge in [0.05, 0.1) is 10.6 Å². The summed E-state index contributed by atoms with van der Waals surface area (Å²) in [6.45, 7) is 3.65. The number of aromatic amines is 1. The van der Waals surface area contributed by atoms with E-state index in [1.54, 1.807) is 11.3 Å². The van der Waals surface area contributed by atoms with E-state index in [-0.39, 0.29) is 18.3 Å². The van der Waals surface area contributed by atoms with Crippen LogP contribution in [0.15, 0.2) is 17.5 Å². The first-order chi connectivity index (χ1) is 11.2. The maximum Gasteiger partial charge on any atom is 0.278 e. The first-order valence-electron chi connectivity index (χ1n) is 7.31. The number of halogens is 1. The predicted molar refractivity (Wildman–Crippen MR) is 99.4 cm³/mol. The second-order valence-electron chi connectivity index (χ2n) is 5.36. The van der Waals surface area contributed by atoms with Gasteiger partial charge < -0.3 is 5.32 Å². The molecule has 0 bridgehead atoms. The van der Waals surface area contributed by atoms with Crippen LogP contribution in [0, 0.1) is 6.92 Å².